The van der Waals surface area contributed by atoms with E-state index in [2.05, 4.69) is 29.6 Å². The van der Waals surface area contributed by atoms with Gasteiger partial charge in [0.2, 0.25) is 5.91 Å². The van der Waals surface area contributed by atoms with Crippen molar-refractivity contribution < 1.29 is 9.32 Å². The third-order valence-corrected chi connectivity index (χ3v) is 3.64. The minimum absolute atomic E-state index is 0.0883. The molecule has 0 bridgehead atoms. The molecule has 100 valence electrons. The van der Waals surface area contributed by atoms with Crippen LogP contribution < -0.4 is 10.6 Å². The number of rotatable bonds is 4. The maximum atomic E-state index is 11.9. The molecule has 18 heavy (non-hydrogen) atoms. The van der Waals surface area contributed by atoms with Gasteiger partial charge in [0.05, 0.1) is 5.69 Å². The highest BCUT2D eigenvalue weighted by Crippen LogP contribution is 2.16. The molecule has 0 unspecified atom stereocenters. The number of hydrogen-bond donors (Lipinski definition) is 2. The highest BCUT2D eigenvalue weighted by Gasteiger charge is 2.28. The highest BCUT2D eigenvalue weighted by atomic mass is 16.5. The number of hydrogen-bond acceptors (Lipinski definition) is 4. The molecule has 1 fully saturated rings. The first kappa shape index (κ1) is 13.1. The lowest BCUT2D eigenvalue weighted by Crippen LogP contribution is -2.55. The highest BCUT2D eigenvalue weighted by molar-refractivity contribution is 5.76. The molecule has 0 aliphatic carbocycles. The van der Waals surface area contributed by atoms with Crippen LogP contribution in [0, 0.1) is 5.92 Å². The Kier molecular flexibility index (Phi) is 4.36. The zero-order valence-electron chi connectivity index (χ0n) is 11.0. The average molecular weight is 251 g/mol. The fourth-order valence-electron chi connectivity index (χ4n) is 2.47. The normalized spacial score (nSPS) is 28.0. The Hall–Kier alpha value is -1.36. The minimum Gasteiger partial charge on any atom is -0.365 e. The summed E-state index contributed by atoms with van der Waals surface area (Å²) in [6.07, 6.45) is 3.73. The summed E-state index contributed by atoms with van der Waals surface area (Å²) < 4.78 is 4.74. The number of aromatic nitrogens is 1. The van der Waals surface area contributed by atoms with Crippen LogP contribution in [0.15, 0.2) is 16.9 Å². The Morgan fingerprint density at radius 3 is 3.11 bits per heavy atom. The first-order valence-electron chi connectivity index (χ1n) is 6.59. The van der Waals surface area contributed by atoms with Crippen LogP contribution in [0.3, 0.4) is 0 Å². The summed E-state index contributed by atoms with van der Waals surface area (Å²) in [6, 6.07) is 2.36. The molecule has 1 aromatic rings. The lowest BCUT2D eigenvalue weighted by Gasteiger charge is -2.36. The molecule has 0 saturated carbocycles. The molecule has 1 aliphatic rings. The SMILES string of the molecule is C[C@@H]1CCN[C@@H](C)[C@@H]1NC(=O)CCc1ccon1. The van der Waals surface area contributed by atoms with Crippen molar-refractivity contribution in [3.8, 4) is 0 Å². The minimum atomic E-state index is 0.0883. The average Bonchev–Trinajstić information content (AvgIpc) is 2.84. The number of nitrogens with one attached hydrogen (secondary N) is 2. The van der Waals surface area contributed by atoms with E-state index in [1.807, 2.05) is 0 Å². The second-order valence-electron chi connectivity index (χ2n) is 5.09. The first-order chi connectivity index (χ1) is 8.66. The van der Waals surface area contributed by atoms with E-state index in [1.165, 1.54) is 6.26 Å². The summed E-state index contributed by atoms with van der Waals surface area (Å²) in [6.45, 7) is 5.35. The van der Waals surface area contributed by atoms with Gasteiger partial charge >= 0.3 is 0 Å². The largest absolute Gasteiger partial charge is 0.365 e. The molecular formula is C13H21N3O2. The predicted molar refractivity (Wildman–Crippen MR) is 68.0 cm³/mol. The maximum absolute atomic E-state index is 11.9. The van der Waals surface area contributed by atoms with Crippen molar-refractivity contribution in [2.24, 2.45) is 5.92 Å². The van der Waals surface area contributed by atoms with Crippen LogP contribution in [0.25, 0.3) is 0 Å². The summed E-state index contributed by atoms with van der Waals surface area (Å²) in [7, 11) is 0. The van der Waals surface area contributed by atoms with E-state index < -0.39 is 0 Å². The van der Waals surface area contributed by atoms with Gasteiger partial charge in [0.25, 0.3) is 0 Å². The molecule has 5 nitrogen and oxygen atoms in total. The molecule has 1 saturated heterocycles. The Morgan fingerprint density at radius 2 is 2.44 bits per heavy atom. The van der Waals surface area contributed by atoms with E-state index in [0.29, 0.717) is 24.8 Å². The number of amides is 1. The van der Waals surface area contributed by atoms with Crippen LogP contribution in [-0.2, 0) is 11.2 Å². The third kappa shape index (κ3) is 3.32. The van der Waals surface area contributed by atoms with Crippen LogP contribution in [-0.4, -0.2) is 29.7 Å². The van der Waals surface area contributed by atoms with Gasteiger partial charge in [0.15, 0.2) is 0 Å². The summed E-state index contributed by atoms with van der Waals surface area (Å²) >= 11 is 0. The molecule has 3 atom stereocenters. The van der Waals surface area contributed by atoms with Gasteiger partial charge in [-0.1, -0.05) is 12.1 Å². The van der Waals surface area contributed by atoms with E-state index in [0.717, 1.165) is 18.7 Å². The van der Waals surface area contributed by atoms with Gasteiger partial charge in [-0.3, -0.25) is 4.79 Å². The van der Waals surface area contributed by atoms with Gasteiger partial charge in [-0.05, 0) is 25.8 Å². The molecule has 1 aliphatic heterocycles. The zero-order valence-corrected chi connectivity index (χ0v) is 11.0. The molecule has 1 amide bonds. The Bertz CT molecular complexity index is 368. The van der Waals surface area contributed by atoms with E-state index >= 15 is 0 Å². The molecule has 0 radical (unpaired) electrons. The zero-order chi connectivity index (χ0) is 13.0. The number of carbonyl (C=O) groups excluding carboxylic acids is 1. The smallest absolute Gasteiger partial charge is 0.220 e. The second kappa shape index (κ2) is 6.00. The van der Waals surface area contributed by atoms with Crippen molar-refractivity contribution in [3.05, 3.63) is 18.0 Å². The fourth-order valence-corrected chi connectivity index (χ4v) is 2.47. The van der Waals surface area contributed by atoms with Gasteiger partial charge < -0.3 is 15.2 Å². The lowest BCUT2D eigenvalue weighted by molar-refractivity contribution is -0.122. The standard InChI is InChI=1S/C13H21N3O2/c1-9-5-7-14-10(2)13(9)15-12(17)4-3-11-6-8-18-16-11/h6,8-10,13-14H,3-5,7H2,1-2H3,(H,15,17)/t9-,10+,13-/m1/s1. The Labute approximate surface area is 107 Å². The number of carbonyl (C=O) groups is 1. The van der Waals surface area contributed by atoms with Gasteiger partial charge in [-0.25, -0.2) is 0 Å². The number of aryl methyl sites for hydroxylation is 1. The van der Waals surface area contributed by atoms with Crippen LogP contribution >= 0.6 is 0 Å². The van der Waals surface area contributed by atoms with Gasteiger partial charge in [-0.2, -0.15) is 0 Å². The van der Waals surface area contributed by atoms with Crippen molar-refractivity contribution in [3.63, 3.8) is 0 Å². The van der Waals surface area contributed by atoms with E-state index in [9.17, 15) is 4.79 Å². The molecule has 2 N–H and O–H groups in total. The van der Waals surface area contributed by atoms with E-state index in [-0.39, 0.29) is 11.9 Å². The fraction of sp³-hybridized carbons (Fsp3) is 0.692. The van der Waals surface area contributed by atoms with Crippen molar-refractivity contribution in [2.75, 3.05) is 6.54 Å². The third-order valence-electron chi connectivity index (χ3n) is 3.64. The van der Waals surface area contributed by atoms with Crippen LogP contribution in [0.5, 0.6) is 0 Å². The van der Waals surface area contributed by atoms with Crippen LogP contribution in [0.1, 0.15) is 32.4 Å². The van der Waals surface area contributed by atoms with Crippen LogP contribution in [0.4, 0.5) is 0 Å². The molecule has 0 aromatic carbocycles. The topological polar surface area (TPSA) is 67.2 Å². The predicted octanol–water partition coefficient (Wildman–Crippen LogP) is 1.11. The van der Waals surface area contributed by atoms with E-state index in [1.54, 1.807) is 6.07 Å². The molecule has 2 heterocycles. The monoisotopic (exact) mass is 251 g/mol. The van der Waals surface area contributed by atoms with Crippen molar-refractivity contribution in [2.45, 2.75) is 45.2 Å². The summed E-state index contributed by atoms with van der Waals surface area (Å²) in [5.41, 5.74) is 0.827. The number of piperidine rings is 1. The summed E-state index contributed by atoms with van der Waals surface area (Å²) in [4.78, 5) is 11.9. The summed E-state index contributed by atoms with van der Waals surface area (Å²) in [5, 5.41) is 10.3. The van der Waals surface area contributed by atoms with Crippen molar-refractivity contribution in [1.82, 2.24) is 15.8 Å². The van der Waals surface area contributed by atoms with Gasteiger partial charge in [0.1, 0.15) is 6.26 Å². The number of nitrogens with zero attached hydrogens (tertiary/aromatic N) is 1. The van der Waals surface area contributed by atoms with Gasteiger partial charge in [0, 0.05) is 31.0 Å². The molecule has 2 rings (SSSR count). The molecule has 0 spiro atoms. The lowest BCUT2D eigenvalue weighted by atomic mass is 9.89. The summed E-state index contributed by atoms with van der Waals surface area (Å²) in [5.74, 6) is 0.614. The molecular weight excluding hydrogens is 230 g/mol. The maximum Gasteiger partial charge on any atom is 0.220 e. The first-order valence-corrected chi connectivity index (χ1v) is 6.59. The van der Waals surface area contributed by atoms with Gasteiger partial charge in [-0.15, -0.1) is 0 Å². The Morgan fingerprint density at radius 1 is 1.61 bits per heavy atom. The Balaban J connectivity index is 1.79. The van der Waals surface area contributed by atoms with Crippen molar-refractivity contribution >= 4 is 5.91 Å². The molecule has 5 heteroatoms. The van der Waals surface area contributed by atoms with Crippen LogP contribution in [0.2, 0.25) is 0 Å². The second-order valence-corrected chi connectivity index (χ2v) is 5.09. The van der Waals surface area contributed by atoms with E-state index in [4.69, 9.17) is 4.52 Å². The molecule has 1 aromatic heterocycles. The quantitative estimate of drug-likeness (QED) is 0.841. The van der Waals surface area contributed by atoms with Crippen molar-refractivity contribution in [1.29, 1.82) is 0 Å².